The van der Waals surface area contributed by atoms with Crippen molar-refractivity contribution >= 4 is 68.3 Å². The molecule has 1 aromatic heterocycles. The highest BCUT2D eigenvalue weighted by molar-refractivity contribution is 8.03. The highest BCUT2D eigenvalue weighted by Crippen LogP contribution is 2.47. The van der Waals surface area contributed by atoms with Gasteiger partial charge in [0.25, 0.3) is 0 Å². The number of anilines is 1. The first kappa shape index (κ1) is 18.9. The second-order valence-corrected chi connectivity index (χ2v) is 9.18. The number of allylic oxidation sites excluding steroid dienone is 2. The molecule has 0 N–H and O–H groups in total. The fraction of sp³-hybridized carbons (Fsp3) is 0.190. The molecule has 1 aliphatic rings. The summed E-state index contributed by atoms with van der Waals surface area (Å²) >= 11 is 15.8. The number of rotatable bonds is 4. The van der Waals surface area contributed by atoms with E-state index < -0.39 is 0 Å². The average molecular weight is 433 g/mol. The Morgan fingerprint density at radius 2 is 1.89 bits per heavy atom. The van der Waals surface area contributed by atoms with E-state index in [0.717, 1.165) is 38.2 Å². The van der Waals surface area contributed by atoms with Crippen LogP contribution in [0.4, 0.5) is 5.69 Å². The third-order valence-corrected chi connectivity index (χ3v) is 6.97. The molecule has 0 aliphatic carbocycles. The van der Waals surface area contributed by atoms with Gasteiger partial charge in [-0.15, -0.1) is 11.3 Å². The molecular formula is C21H18Cl2N2S2. The van der Waals surface area contributed by atoms with Gasteiger partial charge in [0.2, 0.25) is 0 Å². The summed E-state index contributed by atoms with van der Waals surface area (Å²) < 4.78 is 1.15. The molecule has 6 heteroatoms. The molecule has 1 aliphatic heterocycles. The number of fused-ring (bicyclic) bond motifs is 2. The van der Waals surface area contributed by atoms with Gasteiger partial charge in [0.05, 0.1) is 20.9 Å². The van der Waals surface area contributed by atoms with Crippen LogP contribution in [-0.2, 0) is 0 Å². The van der Waals surface area contributed by atoms with Gasteiger partial charge in [0.15, 0.2) is 0 Å². The molecule has 2 nitrogen and oxygen atoms in total. The summed E-state index contributed by atoms with van der Waals surface area (Å²) in [5, 5.41) is 3.73. The van der Waals surface area contributed by atoms with Crippen molar-refractivity contribution in [1.82, 2.24) is 4.98 Å². The summed E-state index contributed by atoms with van der Waals surface area (Å²) in [4.78, 5) is 8.28. The first-order valence-electron chi connectivity index (χ1n) is 8.80. The van der Waals surface area contributed by atoms with Gasteiger partial charge in [0, 0.05) is 21.5 Å². The SMILES string of the molecule is CCC(=C/c1nc2cc(Cl)ccc2s1)/C=C1/Sc2ccc(Cl)cc2N1CC. The van der Waals surface area contributed by atoms with Gasteiger partial charge in [-0.25, -0.2) is 4.98 Å². The van der Waals surface area contributed by atoms with Gasteiger partial charge >= 0.3 is 0 Å². The van der Waals surface area contributed by atoms with E-state index in [-0.39, 0.29) is 0 Å². The van der Waals surface area contributed by atoms with Crippen molar-refractivity contribution in [3.8, 4) is 0 Å². The quantitative estimate of drug-likeness (QED) is 0.416. The zero-order valence-electron chi connectivity index (χ0n) is 15.0. The minimum Gasteiger partial charge on any atom is -0.335 e. The Kier molecular flexibility index (Phi) is 5.51. The zero-order valence-corrected chi connectivity index (χ0v) is 18.1. The van der Waals surface area contributed by atoms with Crippen LogP contribution in [0, 0.1) is 0 Å². The van der Waals surface area contributed by atoms with Gasteiger partial charge in [-0.1, -0.05) is 41.9 Å². The largest absolute Gasteiger partial charge is 0.335 e. The lowest BCUT2D eigenvalue weighted by atomic mass is 10.2. The molecule has 0 radical (unpaired) electrons. The molecule has 0 atom stereocenters. The summed E-state index contributed by atoms with van der Waals surface area (Å²) in [6, 6.07) is 11.9. The molecule has 0 amide bonds. The predicted molar refractivity (Wildman–Crippen MR) is 121 cm³/mol. The lowest BCUT2D eigenvalue weighted by molar-refractivity contribution is 0.998. The maximum atomic E-state index is 6.20. The predicted octanol–water partition coefficient (Wildman–Crippen LogP) is 7.87. The smallest absolute Gasteiger partial charge is 0.117 e. The highest BCUT2D eigenvalue weighted by Gasteiger charge is 2.24. The van der Waals surface area contributed by atoms with E-state index >= 15 is 0 Å². The Hall–Kier alpha value is -1.46. The molecule has 0 bridgehead atoms. The van der Waals surface area contributed by atoms with Gasteiger partial charge in [0.1, 0.15) is 5.01 Å². The van der Waals surface area contributed by atoms with Crippen molar-refractivity contribution in [3.05, 3.63) is 68.1 Å². The summed E-state index contributed by atoms with van der Waals surface area (Å²) in [6.07, 6.45) is 5.38. The number of aromatic nitrogens is 1. The minimum atomic E-state index is 0.721. The maximum Gasteiger partial charge on any atom is 0.117 e. The normalized spacial score (nSPS) is 15.8. The van der Waals surface area contributed by atoms with Gasteiger partial charge in [-0.2, -0.15) is 0 Å². The molecule has 0 spiro atoms. The number of nitrogens with zero attached hydrogens (tertiary/aromatic N) is 2. The number of hydrogen-bond donors (Lipinski definition) is 0. The van der Waals surface area contributed by atoms with Crippen LogP contribution in [0.15, 0.2) is 58.0 Å². The topological polar surface area (TPSA) is 16.1 Å². The van der Waals surface area contributed by atoms with Gasteiger partial charge < -0.3 is 4.90 Å². The Labute approximate surface area is 177 Å². The van der Waals surface area contributed by atoms with E-state index in [1.54, 1.807) is 23.1 Å². The van der Waals surface area contributed by atoms with Crippen LogP contribution in [0.1, 0.15) is 25.3 Å². The first-order chi connectivity index (χ1) is 13.1. The van der Waals surface area contributed by atoms with E-state index in [1.165, 1.54) is 21.2 Å². The van der Waals surface area contributed by atoms with Crippen molar-refractivity contribution in [2.45, 2.75) is 25.2 Å². The highest BCUT2D eigenvalue weighted by atomic mass is 35.5. The molecule has 138 valence electrons. The number of benzene rings is 2. The van der Waals surface area contributed by atoms with Crippen molar-refractivity contribution in [2.75, 3.05) is 11.4 Å². The Morgan fingerprint density at radius 3 is 2.67 bits per heavy atom. The van der Waals surface area contributed by atoms with E-state index in [4.69, 9.17) is 28.2 Å². The molecule has 27 heavy (non-hydrogen) atoms. The Bertz CT molecular complexity index is 1070. The number of hydrogen-bond acceptors (Lipinski definition) is 4. The lowest BCUT2D eigenvalue weighted by Gasteiger charge is -2.18. The van der Waals surface area contributed by atoms with E-state index in [2.05, 4.69) is 37.0 Å². The van der Waals surface area contributed by atoms with Crippen molar-refractivity contribution < 1.29 is 0 Å². The standard InChI is InChI=1S/C21H18Cl2N2S2/c1-3-13(9-20-24-16-11-14(22)5-7-18(16)26-20)10-21-25(4-2)17-12-15(23)6-8-19(17)27-21/h5-12H,3-4H2,1-2H3/b13-9-,21-10+. The van der Waals surface area contributed by atoms with Crippen molar-refractivity contribution in [3.63, 3.8) is 0 Å². The molecule has 2 heterocycles. The third-order valence-electron chi connectivity index (χ3n) is 4.40. The second-order valence-electron chi connectivity index (χ2n) is 6.18. The Morgan fingerprint density at radius 1 is 1.11 bits per heavy atom. The molecule has 0 fully saturated rings. The molecule has 0 unspecified atom stereocenters. The van der Waals surface area contributed by atoms with Crippen LogP contribution in [-0.4, -0.2) is 11.5 Å². The summed E-state index contributed by atoms with van der Waals surface area (Å²) in [7, 11) is 0. The van der Waals surface area contributed by atoms with E-state index in [9.17, 15) is 0 Å². The second kappa shape index (κ2) is 7.88. The number of halogens is 2. The van der Waals surface area contributed by atoms with E-state index in [0.29, 0.717) is 0 Å². The fourth-order valence-electron chi connectivity index (χ4n) is 3.05. The summed E-state index contributed by atoms with van der Waals surface area (Å²) in [6.45, 7) is 5.24. The van der Waals surface area contributed by atoms with Crippen molar-refractivity contribution in [1.29, 1.82) is 0 Å². The molecular weight excluding hydrogens is 415 g/mol. The fourth-order valence-corrected chi connectivity index (χ4v) is 5.49. The molecule has 4 rings (SSSR count). The minimum absolute atomic E-state index is 0.721. The summed E-state index contributed by atoms with van der Waals surface area (Å²) in [5.74, 6) is 0. The zero-order chi connectivity index (χ0) is 19.0. The van der Waals surface area contributed by atoms with Gasteiger partial charge in [-0.3, -0.25) is 0 Å². The van der Waals surface area contributed by atoms with Crippen LogP contribution >= 0.6 is 46.3 Å². The molecule has 3 aromatic rings. The van der Waals surface area contributed by atoms with Crippen LogP contribution in [0.5, 0.6) is 0 Å². The van der Waals surface area contributed by atoms with Crippen molar-refractivity contribution in [2.24, 2.45) is 0 Å². The van der Waals surface area contributed by atoms with Crippen LogP contribution in [0.25, 0.3) is 16.3 Å². The molecule has 0 saturated heterocycles. The van der Waals surface area contributed by atoms with Gasteiger partial charge in [-0.05, 0) is 67.5 Å². The first-order valence-corrected chi connectivity index (χ1v) is 11.2. The third kappa shape index (κ3) is 3.90. The van der Waals surface area contributed by atoms with Crippen LogP contribution < -0.4 is 4.90 Å². The van der Waals surface area contributed by atoms with Crippen LogP contribution in [0.3, 0.4) is 0 Å². The lowest BCUT2D eigenvalue weighted by Crippen LogP contribution is -2.16. The van der Waals surface area contributed by atoms with Crippen LogP contribution in [0.2, 0.25) is 10.0 Å². The number of thiazole rings is 1. The molecule has 0 saturated carbocycles. The summed E-state index contributed by atoms with van der Waals surface area (Å²) in [5.41, 5.74) is 3.39. The molecule has 2 aromatic carbocycles. The Balaban J connectivity index is 1.68. The maximum absolute atomic E-state index is 6.20. The monoisotopic (exact) mass is 432 g/mol. The van der Waals surface area contributed by atoms with E-state index in [1.807, 2.05) is 30.3 Å². The average Bonchev–Trinajstić information content (AvgIpc) is 3.20. The number of thioether (sulfide) groups is 1.